The number of nitrogens with one attached hydrogen (secondary N) is 1. The van der Waals surface area contributed by atoms with Gasteiger partial charge in [0, 0.05) is 29.5 Å². The third-order valence-electron chi connectivity index (χ3n) is 3.25. The molecular formula is C14H16BrN5S. The normalized spacial score (nSPS) is 14.5. The van der Waals surface area contributed by atoms with Gasteiger partial charge in [-0.05, 0) is 52.7 Å². The zero-order chi connectivity index (χ0) is 14.7. The average Bonchev–Trinajstić information content (AvgIpc) is 3.04. The number of benzene rings is 1. The molecule has 0 amide bonds. The minimum absolute atomic E-state index is 0.612. The lowest BCUT2D eigenvalue weighted by atomic mass is 10.4. The molecule has 1 N–H and O–H groups in total. The van der Waals surface area contributed by atoms with Crippen LogP contribution in [0.15, 0.2) is 38.8 Å². The SMILES string of the molecule is CNc1nc(Sc2ccccc2Br)nc(N2CCCC2)n1. The lowest BCUT2D eigenvalue weighted by Crippen LogP contribution is -2.21. The Labute approximate surface area is 136 Å². The fourth-order valence-corrected chi connectivity index (χ4v) is 3.48. The fraction of sp³-hybridized carbons (Fsp3) is 0.357. The number of halogens is 1. The molecule has 0 saturated carbocycles. The molecule has 1 saturated heterocycles. The van der Waals surface area contributed by atoms with Gasteiger partial charge in [-0.1, -0.05) is 12.1 Å². The Bertz CT molecular complexity index is 631. The van der Waals surface area contributed by atoms with Crippen molar-refractivity contribution in [2.24, 2.45) is 0 Å². The number of aromatic nitrogens is 3. The minimum atomic E-state index is 0.612. The quantitative estimate of drug-likeness (QED) is 0.895. The highest BCUT2D eigenvalue weighted by Gasteiger charge is 2.17. The summed E-state index contributed by atoms with van der Waals surface area (Å²) < 4.78 is 1.05. The van der Waals surface area contributed by atoms with Crippen LogP contribution >= 0.6 is 27.7 Å². The number of nitrogens with zero attached hydrogens (tertiary/aromatic N) is 4. The van der Waals surface area contributed by atoms with Crippen molar-refractivity contribution in [3.63, 3.8) is 0 Å². The smallest absolute Gasteiger partial charge is 0.231 e. The van der Waals surface area contributed by atoms with Crippen LogP contribution < -0.4 is 10.2 Å². The van der Waals surface area contributed by atoms with Crippen molar-refractivity contribution in [2.75, 3.05) is 30.4 Å². The van der Waals surface area contributed by atoms with Crippen molar-refractivity contribution >= 4 is 39.6 Å². The van der Waals surface area contributed by atoms with E-state index in [4.69, 9.17) is 0 Å². The molecule has 110 valence electrons. The van der Waals surface area contributed by atoms with Crippen LogP contribution in [0.4, 0.5) is 11.9 Å². The summed E-state index contributed by atoms with van der Waals surface area (Å²) in [7, 11) is 1.83. The van der Waals surface area contributed by atoms with E-state index in [1.165, 1.54) is 12.8 Å². The first kappa shape index (κ1) is 14.6. The predicted octanol–water partition coefficient (Wildman–Crippen LogP) is 3.43. The van der Waals surface area contributed by atoms with Gasteiger partial charge in [0.1, 0.15) is 0 Å². The van der Waals surface area contributed by atoms with Crippen LogP contribution in [0.25, 0.3) is 0 Å². The molecule has 1 aliphatic heterocycles. The van der Waals surface area contributed by atoms with E-state index in [1.807, 2.05) is 31.3 Å². The Hall–Kier alpha value is -1.34. The lowest BCUT2D eigenvalue weighted by molar-refractivity contribution is 0.830. The summed E-state index contributed by atoms with van der Waals surface area (Å²) in [4.78, 5) is 16.8. The van der Waals surface area contributed by atoms with Crippen LogP contribution in [-0.4, -0.2) is 35.1 Å². The zero-order valence-corrected chi connectivity index (χ0v) is 14.1. The monoisotopic (exact) mass is 365 g/mol. The first-order valence-electron chi connectivity index (χ1n) is 6.87. The zero-order valence-electron chi connectivity index (χ0n) is 11.7. The Morgan fingerprint density at radius 3 is 2.62 bits per heavy atom. The molecular weight excluding hydrogens is 350 g/mol. The maximum Gasteiger partial charge on any atom is 0.231 e. The number of anilines is 2. The van der Waals surface area contributed by atoms with E-state index in [9.17, 15) is 0 Å². The van der Waals surface area contributed by atoms with E-state index < -0.39 is 0 Å². The molecule has 3 rings (SSSR count). The summed E-state index contributed by atoms with van der Waals surface area (Å²) in [6.45, 7) is 2.04. The first-order chi connectivity index (χ1) is 10.3. The molecule has 5 nitrogen and oxygen atoms in total. The third-order valence-corrected chi connectivity index (χ3v) is 5.15. The lowest BCUT2D eigenvalue weighted by Gasteiger charge is -2.16. The molecule has 21 heavy (non-hydrogen) atoms. The molecule has 0 radical (unpaired) electrons. The topological polar surface area (TPSA) is 53.9 Å². The van der Waals surface area contributed by atoms with Gasteiger partial charge in [0.2, 0.25) is 11.9 Å². The molecule has 1 aromatic carbocycles. The van der Waals surface area contributed by atoms with Gasteiger partial charge in [0.15, 0.2) is 5.16 Å². The van der Waals surface area contributed by atoms with Crippen molar-refractivity contribution < 1.29 is 0 Å². The van der Waals surface area contributed by atoms with Crippen molar-refractivity contribution in [2.45, 2.75) is 22.9 Å². The van der Waals surface area contributed by atoms with E-state index in [0.717, 1.165) is 28.4 Å². The maximum atomic E-state index is 4.61. The van der Waals surface area contributed by atoms with Gasteiger partial charge in [-0.15, -0.1) is 0 Å². The van der Waals surface area contributed by atoms with Crippen LogP contribution in [-0.2, 0) is 0 Å². The fourth-order valence-electron chi connectivity index (χ4n) is 2.19. The molecule has 2 heterocycles. The summed E-state index contributed by atoms with van der Waals surface area (Å²) in [5, 5.41) is 3.73. The van der Waals surface area contributed by atoms with Crippen molar-refractivity contribution in [3.05, 3.63) is 28.7 Å². The summed E-state index contributed by atoms with van der Waals surface area (Å²) in [5.74, 6) is 1.38. The maximum absolute atomic E-state index is 4.61. The number of hydrogen-bond donors (Lipinski definition) is 1. The summed E-state index contributed by atoms with van der Waals surface area (Å²) in [6.07, 6.45) is 2.40. The summed E-state index contributed by atoms with van der Waals surface area (Å²) in [6, 6.07) is 8.07. The number of rotatable bonds is 4. The summed E-state index contributed by atoms with van der Waals surface area (Å²) >= 11 is 5.10. The van der Waals surface area contributed by atoms with Crippen molar-refractivity contribution in [1.82, 2.24) is 15.0 Å². The van der Waals surface area contributed by atoms with E-state index in [2.05, 4.69) is 41.1 Å². The van der Waals surface area contributed by atoms with Gasteiger partial charge >= 0.3 is 0 Å². The molecule has 1 aromatic heterocycles. The molecule has 0 aliphatic carbocycles. The minimum Gasteiger partial charge on any atom is -0.357 e. The van der Waals surface area contributed by atoms with Crippen molar-refractivity contribution in [3.8, 4) is 0 Å². The standard InChI is InChI=1S/C14H16BrN5S/c1-16-12-17-13(20-8-4-5-9-20)19-14(18-12)21-11-7-3-2-6-10(11)15/h2-3,6-7H,4-5,8-9H2,1H3,(H,16,17,18,19). The van der Waals surface area contributed by atoms with Crippen LogP contribution in [0.3, 0.4) is 0 Å². The van der Waals surface area contributed by atoms with Gasteiger partial charge in [-0.25, -0.2) is 0 Å². The van der Waals surface area contributed by atoms with Gasteiger partial charge < -0.3 is 10.2 Å². The Morgan fingerprint density at radius 1 is 1.14 bits per heavy atom. The Balaban J connectivity index is 1.90. The van der Waals surface area contributed by atoms with E-state index in [1.54, 1.807) is 11.8 Å². The van der Waals surface area contributed by atoms with Crippen LogP contribution in [0.5, 0.6) is 0 Å². The van der Waals surface area contributed by atoms with Crippen LogP contribution in [0.2, 0.25) is 0 Å². The van der Waals surface area contributed by atoms with Crippen LogP contribution in [0.1, 0.15) is 12.8 Å². The number of hydrogen-bond acceptors (Lipinski definition) is 6. The second-order valence-corrected chi connectivity index (χ2v) is 6.58. The summed E-state index contributed by atoms with van der Waals surface area (Å²) in [5.41, 5.74) is 0. The van der Waals surface area contributed by atoms with Gasteiger partial charge in [-0.3, -0.25) is 0 Å². The molecule has 2 aromatic rings. The highest BCUT2D eigenvalue weighted by Crippen LogP contribution is 2.32. The van der Waals surface area contributed by atoms with Crippen LogP contribution in [0, 0.1) is 0 Å². The molecule has 0 unspecified atom stereocenters. The van der Waals surface area contributed by atoms with E-state index in [-0.39, 0.29) is 0 Å². The predicted molar refractivity (Wildman–Crippen MR) is 89.1 cm³/mol. The molecule has 0 atom stereocenters. The third kappa shape index (κ3) is 3.47. The molecule has 7 heteroatoms. The average molecular weight is 366 g/mol. The van der Waals surface area contributed by atoms with E-state index >= 15 is 0 Å². The molecule has 0 bridgehead atoms. The van der Waals surface area contributed by atoms with Gasteiger partial charge in [0.25, 0.3) is 0 Å². The van der Waals surface area contributed by atoms with Crippen molar-refractivity contribution in [1.29, 1.82) is 0 Å². The second kappa shape index (κ2) is 6.62. The van der Waals surface area contributed by atoms with E-state index in [0.29, 0.717) is 11.1 Å². The molecule has 1 fully saturated rings. The Kier molecular flexibility index (Phi) is 4.60. The highest BCUT2D eigenvalue weighted by atomic mass is 79.9. The van der Waals surface area contributed by atoms with Gasteiger partial charge in [0.05, 0.1) is 0 Å². The second-order valence-electron chi connectivity index (χ2n) is 4.72. The largest absolute Gasteiger partial charge is 0.357 e. The van der Waals surface area contributed by atoms with Gasteiger partial charge in [-0.2, -0.15) is 15.0 Å². The highest BCUT2D eigenvalue weighted by molar-refractivity contribution is 9.10. The molecule has 0 spiro atoms. The first-order valence-corrected chi connectivity index (χ1v) is 8.48. The molecule has 1 aliphatic rings. The Morgan fingerprint density at radius 2 is 1.90 bits per heavy atom.